The summed E-state index contributed by atoms with van der Waals surface area (Å²) in [4.78, 5) is 30.5. The Bertz CT molecular complexity index is 879. The monoisotopic (exact) mass is 327 g/mol. The van der Waals surface area contributed by atoms with Crippen LogP contribution in [0.15, 0.2) is 28.0 Å². The molecular weight excluding hydrogens is 306 g/mol. The van der Waals surface area contributed by atoms with Crippen molar-refractivity contribution in [3.05, 3.63) is 50.4 Å². The summed E-state index contributed by atoms with van der Waals surface area (Å²) in [7, 11) is 1.72. The van der Waals surface area contributed by atoms with Gasteiger partial charge in [0.05, 0.1) is 12.2 Å². The molecule has 3 heterocycles. The summed E-state index contributed by atoms with van der Waals surface area (Å²) in [5.74, 6) is 0.811. The first kappa shape index (κ1) is 15.1. The maximum absolute atomic E-state index is 12.2. The van der Waals surface area contributed by atoms with Crippen molar-refractivity contribution in [1.82, 2.24) is 19.3 Å². The lowest BCUT2D eigenvalue weighted by atomic mass is 9.96. The molecule has 1 saturated heterocycles. The second kappa shape index (κ2) is 5.89. The Morgan fingerprint density at radius 3 is 2.83 bits per heavy atom. The lowest BCUT2D eigenvalue weighted by Gasteiger charge is -2.39. The summed E-state index contributed by atoms with van der Waals surface area (Å²) in [6.07, 6.45) is 7.53. The molecule has 0 bridgehead atoms. The van der Waals surface area contributed by atoms with E-state index < -0.39 is 0 Å². The highest BCUT2D eigenvalue weighted by Crippen LogP contribution is 2.21. The number of nitrogens with zero attached hydrogens (tertiary/aromatic N) is 5. The van der Waals surface area contributed by atoms with Crippen molar-refractivity contribution in [2.75, 3.05) is 18.0 Å². The minimum Gasteiger partial charge on any atom is -0.351 e. The van der Waals surface area contributed by atoms with Gasteiger partial charge in [-0.15, -0.1) is 0 Å². The number of aromatic nitrogens is 4. The van der Waals surface area contributed by atoms with Crippen molar-refractivity contribution in [3.8, 4) is 0 Å². The second-order valence-corrected chi connectivity index (χ2v) is 6.78. The minimum absolute atomic E-state index is 0.0112. The van der Waals surface area contributed by atoms with E-state index in [1.165, 1.54) is 4.57 Å². The van der Waals surface area contributed by atoms with E-state index in [0.717, 1.165) is 50.0 Å². The summed E-state index contributed by atoms with van der Waals surface area (Å²) in [5.41, 5.74) is 2.10. The van der Waals surface area contributed by atoms with Crippen LogP contribution in [0, 0.1) is 5.92 Å². The van der Waals surface area contributed by atoms with Crippen molar-refractivity contribution in [1.29, 1.82) is 0 Å². The van der Waals surface area contributed by atoms with Crippen LogP contribution in [0.3, 0.4) is 0 Å². The van der Waals surface area contributed by atoms with E-state index in [9.17, 15) is 9.59 Å². The first-order valence-corrected chi connectivity index (χ1v) is 8.48. The Labute approximate surface area is 139 Å². The number of aryl methyl sites for hydroxylation is 3. The lowest BCUT2D eigenvalue weighted by molar-refractivity contribution is 0.329. The van der Waals surface area contributed by atoms with Gasteiger partial charge in [0, 0.05) is 44.5 Å². The van der Waals surface area contributed by atoms with Crippen LogP contribution >= 0.6 is 0 Å². The summed E-state index contributed by atoms with van der Waals surface area (Å²) < 4.78 is 3.13. The van der Waals surface area contributed by atoms with Crippen LogP contribution < -0.4 is 16.0 Å². The van der Waals surface area contributed by atoms with Gasteiger partial charge in [0.15, 0.2) is 5.82 Å². The van der Waals surface area contributed by atoms with E-state index in [1.807, 2.05) is 4.90 Å². The zero-order valence-corrected chi connectivity index (χ0v) is 13.8. The molecule has 4 rings (SSSR count). The van der Waals surface area contributed by atoms with Crippen LogP contribution in [0.1, 0.15) is 24.1 Å². The van der Waals surface area contributed by atoms with E-state index in [2.05, 4.69) is 10.1 Å². The van der Waals surface area contributed by atoms with Crippen LogP contribution in [0.4, 0.5) is 5.82 Å². The van der Waals surface area contributed by atoms with Gasteiger partial charge in [-0.05, 0) is 31.2 Å². The molecule has 1 aliphatic carbocycles. The lowest BCUT2D eigenvalue weighted by Crippen LogP contribution is -2.52. The van der Waals surface area contributed by atoms with Gasteiger partial charge in [0.25, 0.3) is 11.1 Å². The standard InChI is InChI=1S/C17H21N5O2/c1-20-7-6-18-16(17(20)24)21-9-12(10-21)11-22-15(23)8-13-4-2-3-5-14(13)19-22/h6-8,12H,2-5,9-11H2,1H3. The van der Waals surface area contributed by atoms with Crippen molar-refractivity contribution < 1.29 is 0 Å². The van der Waals surface area contributed by atoms with Gasteiger partial charge < -0.3 is 9.47 Å². The van der Waals surface area contributed by atoms with Crippen LogP contribution in [0.25, 0.3) is 0 Å². The fourth-order valence-electron chi connectivity index (χ4n) is 3.54. The van der Waals surface area contributed by atoms with Crippen LogP contribution in [-0.2, 0) is 26.4 Å². The fraction of sp³-hybridized carbons (Fsp3) is 0.529. The van der Waals surface area contributed by atoms with E-state index in [0.29, 0.717) is 18.3 Å². The van der Waals surface area contributed by atoms with Crippen molar-refractivity contribution in [2.24, 2.45) is 13.0 Å². The molecule has 2 aromatic heterocycles. The van der Waals surface area contributed by atoms with Gasteiger partial charge >= 0.3 is 0 Å². The van der Waals surface area contributed by atoms with E-state index >= 15 is 0 Å². The second-order valence-electron chi connectivity index (χ2n) is 6.78. The third-order valence-electron chi connectivity index (χ3n) is 4.96. The smallest absolute Gasteiger partial charge is 0.293 e. The van der Waals surface area contributed by atoms with Crippen LogP contribution in [0.5, 0.6) is 0 Å². The van der Waals surface area contributed by atoms with Crippen molar-refractivity contribution in [2.45, 2.75) is 32.2 Å². The Kier molecular flexibility index (Phi) is 3.70. The number of hydrogen-bond acceptors (Lipinski definition) is 5. The summed E-state index contributed by atoms with van der Waals surface area (Å²) in [6, 6.07) is 1.76. The first-order chi connectivity index (χ1) is 11.6. The molecule has 0 spiro atoms. The highest BCUT2D eigenvalue weighted by molar-refractivity contribution is 5.39. The summed E-state index contributed by atoms with van der Waals surface area (Å²) >= 11 is 0. The number of rotatable bonds is 3. The Morgan fingerprint density at radius 1 is 1.21 bits per heavy atom. The molecule has 1 aliphatic heterocycles. The number of hydrogen-bond donors (Lipinski definition) is 0. The molecule has 0 aromatic carbocycles. The predicted molar refractivity (Wildman–Crippen MR) is 90.3 cm³/mol. The third-order valence-corrected chi connectivity index (χ3v) is 4.96. The quantitative estimate of drug-likeness (QED) is 0.813. The number of fused-ring (bicyclic) bond motifs is 1. The number of anilines is 1. The average molecular weight is 327 g/mol. The molecule has 1 fully saturated rings. The molecule has 0 saturated carbocycles. The molecule has 7 nitrogen and oxygen atoms in total. The highest BCUT2D eigenvalue weighted by Gasteiger charge is 2.30. The van der Waals surface area contributed by atoms with Gasteiger partial charge in [0.2, 0.25) is 0 Å². The Morgan fingerprint density at radius 2 is 2.00 bits per heavy atom. The predicted octanol–water partition coefficient (Wildman–Crippen LogP) is 0.352. The minimum atomic E-state index is -0.0833. The normalized spacial score (nSPS) is 17.5. The maximum Gasteiger partial charge on any atom is 0.293 e. The maximum atomic E-state index is 12.2. The fourth-order valence-corrected chi connectivity index (χ4v) is 3.54. The molecule has 0 amide bonds. The third kappa shape index (κ3) is 2.64. The Hall–Kier alpha value is -2.44. The highest BCUT2D eigenvalue weighted by atomic mass is 16.1. The van der Waals surface area contributed by atoms with E-state index in [-0.39, 0.29) is 11.1 Å². The van der Waals surface area contributed by atoms with E-state index in [4.69, 9.17) is 0 Å². The molecule has 0 atom stereocenters. The molecule has 2 aliphatic rings. The Balaban J connectivity index is 1.46. The van der Waals surface area contributed by atoms with E-state index in [1.54, 1.807) is 30.2 Å². The summed E-state index contributed by atoms with van der Waals surface area (Å²) in [6.45, 7) is 2.07. The van der Waals surface area contributed by atoms with Gasteiger partial charge in [0.1, 0.15) is 0 Å². The zero-order valence-electron chi connectivity index (χ0n) is 13.8. The van der Waals surface area contributed by atoms with Gasteiger partial charge in [-0.2, -0.15) is 5.10 Å². The van der Waals surface area contributed by atoms with Crippen molar-refractivity contribution in [3.63, 3.8) is 0 Å². The van der Waals surface area contributed by atoms with Gasteiger partial charge in [-0.1, -0.05) is 0 Å². The van der Waals surface area contributed by atoms with Crippen LogP contribution in [0.2, 0.25) is 0 Å². The largest absolute Gasteiger partial charge is 0.351 e. The first-order valence-electron chi connectivity index (χ1n) is 8.48. The molecular formula is C17H21N5O2. The van der Waals surface area contributed by atoms with Gasteiger partial charge in [-0.25, -0.2) is 9.67 Å². The zero-order chi connectivity index (χ0) is 16.7. The summed E-state index contributed by atoms with van der Waals surface area (Å²) in [5, 5.41) is 4.57. The molecule has 7 heteroatoms. The topological polar surface area (TPSA) is 73.0 Å². The van der Waals surface area contributed by atoms with Gasteiger partial charge in [-0.3, -0.25) is 9.59 Å². The molecule has 24 heavy (non-hydrogen) atoms. The molecule has 0 radical (unpaired) electrons. The van der Waals surface area contributed by atoms with Crippen molar-refractivity contribution >= 4 is 5.82 Å². The SMILES string of the molecule is Cn1ccnc(N2CC(Cn3nc4c(cc3=O)CCCC4)C2)c1=O. The average Bonchev–Trinajstić information content (AvgIpc) is 2.54. The molecule has 126 valence electrons. The molecule has 2 aromatic rings. The molecule has 0 N–H and O–H groups in total. The molecule has 0 unspecified atom stereocenters. The van der Waals surface area contributed by atoms with Crippen LogP contribution in [-0.4, -0.2) is 32.4 Å².